The largest absolute Gasteiger partial charge is 0.505 e. The molecule has 0 saturated heterocycles. The van der Waals surface area contributed by atoms with Crippen LogP contribution >= 0.6 is 0 Å². The highest BCUT2D eigenvalue weighted by Gasteiger charge is 2.13. The zero-order valence-corrected chi connectivity index (χ0v) is 19.2. The summed E-state index contributed by atoms with van der Waals surface area (Å²) >= 11 is 0. The first-order valence-corrected chi connectivity index (χ1v) is 10.8. The summed E-state index contributed by atoms with van der Waals surface area (Å²) in [6, 6.07) is 5.41. The van der Waals surface area contributed by atoms with E-state index in [1.807, 2.05) is 19.1 Å². The van der Waals surface area contributed by atoms with E-state index in [1.54, 1.807) is 13.0 Å². The third-order valence-electron chi connectivity index (χ3n) is 5.60. The molecule has 1 aromatic carbocycles. The molecule has 0 atom stereocenters. The van der Waals surface area contributed by atoms with Gasteiger partial charge in [-0.05, 0) is 70.6 Å². The van der Waals surface area contributed by atoms with E-state index in [2.05, 4.69) is 42.2 Å². The van der Waals surface area contributed by atoms with Gasteiger partial charge in [-0.15, -0.1) is 10.2 Å². The van der Waals surface area contributed by atoms with Gasteiger partial charge in [0, 0.05) is 13.2 Å². The van der Waals surface area contributed by atoms with Crippen molar-refractivity contribution in [2.75, 3.05) is 6.61 Å². The molecule has 2 rings (SSSR count). The molecule has 0 aliphatic rings. The molecule has 0 unspecified atom stereocenters. The fraction of sp³-hybridized carbons (Fsp3) is 0.458. The van der Waals surface area contributed by atoms with Crippen molar-refractivity contribution in [2.24, 2.45) is 10.2 Å². The maximum absolute atomic E-state index is 12.5. The molecule has 0 saturated carbocycles. The number of para-hydroxylation sites is 1. The Morgan fingerprint density at radius 2 is 2.00 bits per heavy atom. The summed E-state index contributed by atoms with van der Waals surface area (Å²) in [6.07, 6.45) is 5.10. The van der Waals surface area contributed by atoms with Crippen LogP contribution in [-0.4, -0.2) is 26.6 Å². The molecule has 1 aromatic heterocycles. The van der Waals surface area contributed by atoms with Gasteiger partial charge in [-0.3, -0.25) is 14.6 Å². The standard InChI is InChI=1S/C24H34N4O3/c1-6-16(3)20(17(4)7-2)13-12-19-10-8-11-21(23(19)30)25-26-22-18(5)27-28(24(22)31)14-9-15-29/h6,8,10-11,27,29-30H,7,9,12-15H2,1-5H3/b16-6-,20-17-,26-25?. The highest BCUT2D eigenvalue weighted by molar-refractivity contribution is 5.55. The van der Waals surface area contributed by atoms with Crippen molar-refractivity contribution >= 4 is 11.4 Å². The van der Waals surface area contributed by atoms with Crippen LogP contribution in [-0.2, 0) is 13.0 Å². The molecular formula is C24H34N4O3. The van der Waals surface area contributed by atoms with Gasteiger partial charge in [-0.1, -0.05) is 36.3 Å². The zero-order chi connectivity index (χ0) is 23.0. The fourth-order valence-corrected chi connectivity index (χ4v) is 3.46. The number of allylic oxidation sites excluding steroid dienone is 4. The Hall–Kier alpha value is -2.93. The lowest BCUT2D eigenvalue weighted by atomic mass is 9.93. The Balaban J connectivity index is 2.26. The molecule has 0 radical (unpaired) electrons. The van der Waals surface area contributed by atoms with Gasteiger partial charge in [-0.2, -0.15) is 0 Å². The minimum absolute atomic E-state index is 0.00424. The molecule has 0 amide bonds. The highest BCUT2D eigenvalue weighted by Crippen LogP contribution is 2.33. The number of aromatic hydroxyl groups is 1. The van der Waals surface area contributed by atoms with E-state index in [1.165, 1.54) is 21.4 Å². The molecule has 31 heavy (non-hydrogen) atoms. The molecule has 2 aromatic rings. The molecule has 0 aliphatic heterocycles. The van der Waals surface area contributed by atoms with Crippen molar-refractivity contribution in [2.45, 2.75) is 66.8 Å². The molecule has 0 fully saturated rings. The van der Waals surface area contributed by atoms with Gasteiger partial charge in [0.25, 0.3) is 5.56 Å². The van der Waals surface area contributed by atoms with Gasteiger partial charge in [0.15, 0.2) is 5.69 Å². The number of H-pyrrole nitrogens is 1. The number of hydrogen-bond donors (Lipinski definition) is 3. The van der Waals surface area contributed by atoms with Gasteiger partial charge in [0.1, 0.15) is 11.4 Å². The van der Waals surface area contributed by atoms with Crippen LogP contribution in [0.25, 0.3) is 0 Å². The van der Waals surface area contributed by atoms with Crippen LogP contribution in [0.1, 0.15) is 58.2 Å². The van der Waals surface area contributed by atoms with Gasteiger partial charge in [-0.25, -0.2) is 0 Å². The normalized spacial score (nSPS) is 13.2. The number of rotatable bonds is 10. The smallest absolute Gasteiger partial charge is 0.294 e. The van der Waals surface area contributed by atoms with Gasteiger partial charge < -0.3 is 10.2 Å². The predicted molar refractivity (Wildman–Crippen MR) is 125 cm³/mol. The Morgan fingerprint density at radius 1 is 1.26 bits per heavy atom. The SMILES string of the molecule is C/C=C(C)\C(CCc1cccc(N=Nc2c(C)[nH]n(CCCO)c2=O)c1O)=C(\C)CC. The number of phenolic OH excluding ortho intramolecular Hbond substituents is 1. The molecule has 0 bridgehead atoms. The first-order valence-electron chi connectivity index (χ1n) is 10.8. The van der Waals surface area contributed by atoms with Crippen molar-refractivity contribution in [3.8, 4) is 5.75 Å². The van der Waals surface area contributed by atoms with Crippen LogP contribution in [0.5, 0.6) is 5.75 Å². The second kappa shape index (κ2) is 11.5. The predicted octanol–water partition coefficient (Wildman–Crippen LogP) is 5.61. The number of benzene rings is 1. The second-order valence-electron chi connectivity index (χ2n) is 7.69. The molecular weight excluding hydrogens is 392 g/mol. The molecule has 168 valence electrons. The number of nitrogens with one attached hydrogen (secondary N) is 1. The lowest BCUT2D eigenvalue weighted by molar-refractivity contribution is 0.276. The van der Waals surface area contributed by atoms with Crippen LogP contribution in [0.3, 0.4) is 0 Å². The minimum Gasteiger partial charge on any atom is -0.505 e. The van der Waals surface area contributed by atoms with Crippen LogP contribution in [0.2, 0.25) is 0 Å². The van der Waals surface area contributed by atoms with Crippen molar-refractivity contribution in [1.29, 1.82) is 0 Å². The topological polar surface area (TPSA) is 103 Å². The Bertz CT molecular complexity index is 1040. The first kappa shape index (κ1) is 24.3. The number of aliphatic hydroxyl groups excluding tert-OH is 1. The van der Waals surface area contributed by atoms with Crippen molar-refractivity contribution in [3.05, 3.63) is 62.6 Å². The Labute approximate surface area is 183 Å². The molecule has 0 aliphatic carbocycles. The van der Waals surface area contributed by atoms with E-state index in [0.717, 1.165) is 18.4 Å². The molecule has 1 heterocycles. The van der Waals surface area contributed by atoms with Gasteiger partial charge in [0.05, 0.1) is 5.69 Å². The fourth-order valence-electron chi connectivity index (χ4n) is 3.46. The number of hydrogen-bond acceptors (Lipinski definition) is 5. The number of aliphatic hydroxyl groups is 1. The van der Waals surface area contributed by atoms with E-state index in [-0.39, 0.29) is 23.6 Å². The number of aromatic amines is 1. The molecule has 7 nitrogen and oxygen atoms in total. The maximum Gasteiger partial charge on any atom is 0.294 e. The summed E-state index contributed by atoms with van der Waals surface area (Å²) in [7, 11) is 0. The summed E-state index contributed by atoms with van der Waals surface area (Å²) in [5.41, 5.74) is 5.57. The lowest BCUT2D eigenvalue weighted by Crippen LogP contribution is -2.17. The number of aryl methyl sites for hydroxylation is 3. The lowest BCUT2D eigenvalue weighted by Gasteiger charge is -2.13. The summed E-state index contributed by atoms with van der Waals surface area (Å²) in [5, 5.41) is 30.9. The van der Waals surface area contributed by atoms with Crippen molar-refractivity contribution in [1.82, 2.24) is 9.78 Å². The molecule has 0 spiro atoms. The van der Waals surface area contributed by atoms with Gasteiger partial charge >= 0.3 is 0 Å². The Kier molecular flexibility index (Phi) is 9.00. The van der Waals surface area contributed by atoms with Gasteiger partial charge in [0.2, 0.25) is 0 Å². The second-order valence-corrected chi connectivity index (χ2v) is 7.69. The number of azo groups is 1. The van der Waals surface area contributed by atoms with E-state index in [0.29, 0.717) is 30.8 Å². The van der Waals surface area contributed by atoms with Crippen LogP contribution in [0.4, 0.5) is 11.4 Å². The summed E-state index contributed by atoms with van der Waals surface area (Å²) < 4.78 is 1.41. The third-order valence-corrected chi connectivity index (χ3v) is 5.60. The average molecular weight is 427 g/mol. The Morgan fingerprint density at radius 3 is 2.65 bits per heavy atom. The highest BCUT2D eigenvalue weighted by atomic mass is 16.3. The van der Waals surface area contributed by atoms with E-state index >= 15 is 0 Å². The first-order chi connectivity index (χ1) is 14.8. The minimum atomic E-state index is -0.294. The number of aromatic nitrogens is 2. The van der Waals surface area contributed by atoms with Crippen molar-refractivity contribution < 1.29 is 10.2 Å². The zero-order valence-electron chi connectivity index (χ0n) is 19.2. The monoisotopic (exact) mass is 426 g/mol. The summed E-state index contributed by atoms with van der Waals surface area (Å²) in [6.45, 7) is 10.6. The van der Waals surface area contributed by atoms with Crippen LogP contribution in [0.15, 0.2) is 56.0 Å². The number of phenols is 1. The number of nitrogens with zero attached hydrogens (tertiary/aromatic N) is 3. The third kappa shape index (κ3) is 6.04. The maximum atomic E-state index is 12.5. The van der Waals surface area contributed by atoms with Crippen LogP contribution < -0.4 is 5.56 Å². The molecule has 3 N–H and O–H groups in total. The quantitative estimate of drug-likeness (QED) is 0.340. The van der Waals surface area contributed by atoms with E-state index in [4.69, 9.17) is 5.11 Å². The van der Waals surface area contributed by atoms with E-state index < -0.39 is 0 Å². The van der Waals surface area contributed by atoms with Crippen LogP contribution in [0, 0.1) is 6.92 Å². The van der Waals surface area contributed by atoms with Crippen molar-refractivity contribution in [3.63, 3.8) is 0 Å². The summed E-state index contributed by atoms with van der Waals surface area (Å²) in [4.78, 5) is 12.5. The molecule has 7 heteroatoms. The average Bonchev–Trinajstić information content (AvgIpc) is 3.04. The summed E-state index contributed by atoms with van der Waals surface area (Å²) in [5.74, 6) is 0.0895. The van der Waals surface area contributed by atoms with E-state index in [9.17, 15) is 9.90 Å².